The second-order valence-electron chi connectivity index (χ2n) is 2.92. The lowest BCUT2D eigenvalue weighted by atomic mass is 10.1. The van der Waals surface area contributed by atoms with E-state index in [-0.39, 0.29) is 5.56 Å². The standard InChI is InChI=1S/C8H8F3NO3/c9-8(10,11)6-4(1-2-15-6)3-5(12)7(13)14/h1-2,5H,3,12H2,(H,13,14). The van der Waals surface area contributed by atoms with Gasteiger partial charge in [0.15, 0.2) is 0 Å². The Morgan fingerprint density at radius 1 is 1.60 bits per heavy atom. The van der Waals surface area contributed by atoms with Crippen LogP contribution in [0, 0.1) is 0 Å². The van der Waals surface area contributed by atoms with Gasteiger partial charge in [-0.25, -0.2) is 0 Å². The monoisotopic (exact) mass is 223 g/mol. The second-order valence-corrected chi connectivity index (χ2v) is 2.92. The van der Waals surface area contributed by atoms with Crippen LogP contribution in [0.4, 0.5) is 13.2 Å². The molecule has 1 unspecified atom stereocenters. The molecule has 1 atom stereocenters. The van der Waals surface area contributed by atoms with Gasteiger partial charge in [0, 0.05) is 12.0 Å². The molecule has 0 aliphatic carbocycles. The van der Waals surface area contributed by atoms with E-state index in [1.807, 2.05) is 0 Å². The van der Waals surface area contributed by atoms with Crippen LogP contribution < -0.4 is 5.73 Å². The molecule has 0 radical (unpaired) electrons. The zero-order chi connectivity index (χ0) is 11.6. The molecule has 0 bridgehead atoms. The predicted octanol–water partition coefficient (Wildman–Crippen LogP) is 1.25. The Hall–Kier alpha value is -1.50. The molecule has 0 spiro atoms. The number of rotatable bonds is 3. The molecule has 1 aromatic heterocycles. The average molecular weight is 223 g/mol. The molecule has 4 nitrogen and oxygen atoms in total. The summed E-state index contributed by atoms with van der Waals surface area (Å²) in [4.78, 5) is 10.3. The van der Waals surface area contributed by atoms with Gasteiger partial charge in [-0.1, -0.05) is 0 Å². The maximum Gasteiger partial charge on any atom is 0.449 e. The summed E-state index contributed by atoms with van der Waals surface area (Å²) in [5.74, 6) is -2.55. The lowest BCUT2D eigenvalue weighted by Crippen LogP contribution is -2.32. The van der Waals surface area contributed by atoms with Crippen molar-refractivity contribution in [1.29, 1.82) is 0 Å². The number of alkyl halides is 3. The number of carbonyl (C=O) groups is 1. The summed E-state index contributed by atoms with van der Waals surface area (Å²) in [5, 5.41) is 8.44. The third-order valence-corrected chi connectivity index (χ3v) is 1.76. The van der Waals surface area contributed by atoms with E-state index in [1.54, 1.807) is 0 Å². The molecule has 15 heavy (non-hydrogen) atoms. The van der Waals surface area contributed by atoms with Crippen LogP contribution in [0.15, 0.2) is 16.7 Å². The SMILES string of the molecule is NC(Cc1ccoc1C(F)(F)F)C(=O)O. The summed E-state index contributed by atoms with van der Waals surface area (Å²) in [5.41, 5.74) is 4.86. The molecule has 0 fully saturated rings. The van der Waals surface area contributed by atoms with Gasteiger partial charge in [0.1, 0.15) is 6.04 Å². The van der Waals surface area contributed by atoms with Crippen LogP contribution in [0.25, 0.3) is 0 Å². The third-order valence-electron chi connectivity index (χ3n) is 1.76. The summed E-state index contributed by atoms with van der Waals surface area (Å²) in [6.07, 6.45) is -4.19. The highest BCUT2D eigenvalue weighted by atomic mass is 19.4. The van der Waals surface area contributed by atoms with Crippen LogP contribution in [0.2, 0.25) is 0 Å². The number of carboxylic acids is 1. The van der Waals surface area contributed by atoms with E-state index >= 15 is 0 Å². The van der Waals surface area contributed by atoms with Crippen molar-refractivity contribution in [3.05, 3.63) is 23.7 Å². The molecular weight excluding hydrogens is 215 g/mol. The van der Waals surface area contributed by atoms with E-state index < -0.39 is 30.4 Å². The van der Waals surface area contributed by atoms with Crippen molar-refractivity contribution < 1.29 is 27.5 Å². The first-order valence-corrected chi connectivity index (χ1v) is 3.94. The van der Waals surface area contributed by atoms with Crippen LogP contribution in [0.3, 0.4) is 0 Å². The van der Waals surface area contributed by atoms with Crippen molar-refractivity contribution in [3.8, 4) is 0 Å². The first kappa shape index (κ1) is 11.6. The number of carboxylic acid groups (broad SMARTS) is 1. The average Bonchev–Trinajstić information content (AvgIpc) is 2.50. The maximum absolute atomic E-state index is 12.3. The summed E-state index contributed by atoms with van der Waals surface area (Å²) in [7, 11) is 0. The van der Waals surface area contributed by atoms with Crippen molar-refractivity contribution in [2.24, 2.45) is 5.73 Å². The minimum Gasteiger partial charge on any atom is -0.480 e. The lowest BCUT2D eigenvalue weighted by Gasteiger charge is -2.08. The van der Waals surface area contributed by atoms with Crippen LogP contribution in [0.1, 0.15) is 11.3 Å². The van der Waals surface area contributed by atoms with E-state index in [0.717, 1.165) is 12.3 Å². The Bertz CT molecular complexity index is 358. The third kappa shape index (κ3) is 2.72. The number of hydrogen-bond donors (Lipinski definition) is 2. The molecule has 0 saturated heterocycles. The van der Waals surface area contributed by atoms with Gasteiger partial charge in [0.2, 0.25) is 5.76 Å². The fraction of sp³-hybridized carbons (Fsp3) is 0.375. The summed E-state index contributed by atoms with van der Waals surface area (Å²) >= 11 is 0. The fourth-order valence-electron chi connectivity index (χ4n) is 1.07. The van der Waals surface area contributed by atoms with Crippen molar-refractivity contribution >= 4 is 5.97 Å². The highest BCUT2D eigenvalue weighted by molar-refractivity contribution is 5.73. The van der Waals surface area contributed by atoms with Gasteiger partial charge in [-0.15, -0.1) is 0 Å². The largest absolute Gasteiger partial charge is 0.480 e. The highest BCUT2D eigenvalue weighted by Crippen LogP contribution is 2.33. The van der Waals surface area contributed by atoms with Crippen LogP contribution in [-0.4, -0.2) is 17.1 Å². The van der Waals surface area contributed by atoms with Gasteiger partial charge in [-0.05, 0) is 6.07 Å². The highest BCUT2D eigenvalue weighted by Gasteiger charge is 2.37. The van der Waals surface area contributed by atoms with Gasteiger partial charge in [-0.3, -0.25) is 4.79 Å². The summed E-state index contributed by atoms with van der Waals surface area (Å²) < 4.78 is 41.0. The topological polar surface area (TPSA) is 76.5 Å². The predicted molar refractivity (Wildman–Crippen MR) is 43.0 cm³/mol. The molecule has 0 aliphatic heterocycles. The first-order valence-electron chi connectivity index (χ1n) is 3.94. The molecule has 7 heteroatoms. The van der Waals surface area contributed by atoms with Gasteiger partial charge in [0.25, 0.3) is 0 Å². The van der Waals surface area contributed by atoms with Crippen LogP contribution in [0.5, 0.6) is 0 Å². The molecule has 0 aromatic carbocycles. The lowest BCUT2D eigenvalue weighted by molar-refractivity contribution is -0.154. The molecule has 0 amide bonds. The molecule has 0 saturated carbocycles. The van der Waals surface area contributed by atoms with Gasteiger partial charge >= 0.3 is 12.1 Å². The van der Waals surface area contributed by atoms with Gasteiger partial charge in [-0.2, -0.15) is 13.2 Å². The van der Waals surface area contributed by atoms with E-state index in [4.69, 9.17) is 10.8 Å². The van der Waals surface area contributed by atoms with Crippen molar-refractivity contribution in [2.75, 3.05) is 0 Å². The van der Waals surface area contributed by atoms with E-state index in [1.165, 1.54) is 0 Å². The quantitative estimate of drug-likeness (QED) is 0.808. The van der Waals surface area contributed by atoms with Crippen molar-refractivity contribution in [3.63, 3.8) is 0 Å². The molecule has 1 aromatic rings. The van der Waals surface area contributed by atoms with Gasteiger partial charge in [0.05, 0.1) is 6.26 Å². The summed E-state index contributed by atoms with van der Waals surface area (Å²) in [6, 6.07) is -0.310. The molecule has 1 heterocycles. The Morgan fingerprint density at radius 2 is 2.20 bits per heavy atom. The molecular formula is C8H8F3NO3. The Balaban J connectivity index is 2.87. The van der Waals surface area contributed by atoms with Crippen molar-refractivity contribution in [1.82, 2.24) is 0 Å². The normalized spacial score (nSPS) is 13.9. The summed E-state index contributed by atoms with van der Waals surface area (Å²) in [6.45, 7) is 0. The van der Waals surface area contributed by atoms with Crippen LogP contribution >= 0.6 is 0 Å². The maximum atomic E-state index is 12.3. The number of aliphatic carboxylic acids is 1. The van der Waals surface area contributed by atoms with Crippen LogP contribution in [-0.2, 0) is 17.4 Å². The molecule has 0 aliphatic rings. The van der Waals surface area contributed by atoms with E-state index in [0.29, 0.717) is 0 Å². The van der Waals surface area contributed by atoms with E-state index in [9.17, 15) is 18.0 Å². The Morgan fingerprint density at radius 3 is 2.67 bits per heavy atom. The van der Waals surface area contributed by atoms with E-state index in [2.05, 4.69) is 4.42 Å². The zero-order valence-electron chi connectivity index (χ0n) is 7.41. The zero-order valence-corrected chi connectivity index (χ0v) is 7.41. The molecule has 84 valence electrons. The molecule has 3 N–H and O–H groups in total. The van der Waals surface area contributed by atoms with Crippen molar-refractivity contribution in [2.45, 2.75) is 18.6 Å². The minimum absolute atomic E-state index is 0.252. The van der Waals surface area contributed by atoms with Gasteiger partial charge < -0.3 is 15.3 Å². The number of nitrogens with two attached hydrogens (primary N) is 1. The first-order chi connectivity index (χ1) is 6.82. The Labute approximate surface area is 82.5 Å². The number of halogens is 3. The minimum atomic E-state index is -4.63. The number of hydrogen-bond acceptors (Lipinski definition) is 3. The Kier molecular flexibility index (Phi) is 3.04. The smallest absolute Gasteiger partial charge is 0.449 e. The number of furan rings is 1. The fourth-order valence-corrected chi connectivity index (χ4v) is 1.07. The second kappa shape index (κ2) is 3.93. The molecule has 1 rings (SSSR count).